The smallest absolute Gasteiger partial charge is 0.315 e. The zero-order valence-corrected chi connectivity index (χ0v) is 12.4. The van der Waals surface area contributed by atoms with Gasteiger partial charge in [-0.2, -0.15) is 17.5 Å². The molecule has 0 spiro atoms. The van der Waals surface area contributed by atoms with Crippen molar-refractivity contribution in [1.29, 1.82) is 0 Å². The minimum absolute atomic E-state index is 0.111. The highest BCUT2D eigenvalue weighted by Crippen LogP contribution is 2.20. The van der Waals surface area contributed by atoms with Crippen LogP contribution in [-0.4, -0.2) is 50.3 Å². The third-order valence-electron chi connectivity index (χ3n) is 2.56. The van der Waals surface area contributed by atoms with Gasteiger partial charge in [-0.25, -0.2) is 8.42 Å². The van der Waals surface area contributed by atoms with Crippen molar-refractivity contribution in [3.05, 3.63) is 0 Å². The molecule has 0 aliphatic carbocycles. The highest BCUT2D eigenvalue weighted by atomic mass is 32.2. The average molecular weight is 304 g/mol. The molecule has 0 saturated carbocycles. The molecule has 0 aromatic carbocycles. The molecule has 0 saturated heterocycles. The summed E-state index contributed by atoms with van der Waals surface area (Å²) < 4.78 is 61.9. The molecule has 0 heterocycles. The highest BCUT2D eigenvalue weighted by molar-refractivity contribution is 7.89. The fraction of sp³-hybridized carbons (Fsp3) is 1.00. The SMILES string of the molecule is CCCNCC(C)S(=O)(=O)N(CCC)CC(F)(F)F. The number of hydrogen-bond acceptors (Lipinski definition) is 3. The molecule has 0 bridgehead atoms. The zero-order chi connectivity index (χ0) is 15.1. The Balaban J connectivity index is 4.77. The Morgan fingerprint density at radius 3 is 2.21 bits per heavy atom. The monoisotopic (exact) mass is 304 g/mol. The first-order chi connectivity index (χ1) is 8.65. The van der Waals surface area contributed by atoms with E-state index in [-0.39, 0.29) is 13.1 Å². The van der Waals surface area contributed by atoms with Crippen molar-refractivity contribution in [2.45, 2.75) is 45.0 Å². The Labute approximate surface area is 113 Å². The standard InChI is InChI=1S/C11H23F3N2O2S/c1-4-6-15-8-10(3)19(17,18)16(7-5-2)9-11(12,13)14/h10,15H,4-9H2,1-3H3. The minimum atomic E-state index is -4.52. The van der Waals surface area contributed by atoms with Crippen LogP contribution in [0.1, 0.15) is 33.6 Å². The van der Waals surface area contributed by atoms with E-state index >= 15 is 0 Å². The van der Waals surface area contributed by atoms with Crippen LogP contribution in [0.3, 0.4) is 0 Å². The fourth-order valence-corrected chi connectivity index (χ4v) is 3.19. The molecule has 1 N–H and O–H groups in total. The van der Waals surface area contributed by atoms with E-state index in [1.807, 2.05) is 6.92 Å². The van der Waals surface area contributed by atoms with Crippen LogP contribution in [0.25, 0.3) is 0 Å². The fourth-order valence-electron chi connectivity index (χ4n) is 1.59. The molecule has 0 amide bonds. The summed E-state index contributed by atoms with van der Waals surface area (Å²) in [6.07, 6.45) is -3.32. The summed E-state index contributed by atoms with van der Waals surface area (Å²) in [5.74, 6) is 0. The third-order valence-corrected chi connectivity index (χ3v) is 4.77. The highest BCUT2D eigenvalue weighted by Gasteiger charge is 2.37. The summed E-state index contributed by atoms with van der Waals surface area (Å²) in [4.78, 5) is 0. The van der Waals surface area contributed by atoms with Gasteiger partial charge in [0.2, 0.25) is 10.0 Å². The van der Waals surface area contributed by atoms with E-state index in [0.29, 0.717) is 17.3 Å². The van der Waals surface area contributed by atoms with Crippen molar-refractivity contribution in [2.75, 3.05) is 26.2 Å². The summed E-state index contributed by atoms with van der Waals surface area (Å²) in [5, 5.41) is 2.05. The Bertz CT molecular complexity index is 344. The first-order valence-corrected chi connectivity index (χ1v) is 7.91. The van der Waals surface area contributed by atoms with Crippen molar-refractivity contribution >= 4 is 10.0 Å². The largest absolute Gasteiger partial charge is 0.402 e. The third kappa shape index (κ3) is 7.12. The minimum Gasteiger partial charge on any atom is -0.315 e. The second-order valence-electron chi connectivity index (χ2n) is 4.51. The van der Waals surface area contributed by atoms with Gasteiger partial charge in [0.15, 0.2) is 0 Å². The second-order valence-corrected chi connectivity index (χ2v) is 6.86. The van der Waals surface area contributed by atoms with Crippen LogP contribution < -0.4 is 5.32 Å². The first kappa shape index (κ1) is 18.7. The van der Waals surface area contributed by atoms with Crippen molar-refractivity contribution in [3.63, 3.8) is 0 Å². The summed E-state index contributed by atoms with van der Waals surface area (Å²) in [5.41, 5.74) is 0. The molecule has 0 fully saturated rings. The molecule has 0 aliphatic rings. The zero-order valence-electron chi connectivity index (χ0n) is 11.6. The molecule has 4 nitrogen and oxygen atoms in total. The lowest BCUT2D eigenvalue weighted by Gasteiger charge is -2.26. The van der Waals surface area contributed by atoms with Crippen LogP contribution in [0.4, 0.5) is 13.2 Å². The molecule has 0 aliphatic heterocycles. The molecule has 8 heteroatoms. The van der Waals surface area contributed by atoms with Crippen LogP contribution in [0.15, 0.2) is 0 Å². The maximum Gasteiger partial charge on any atom is 0.402 e. The lowest BCUT2D eigenvalue weighted by molar-refractivity contribution is -0.136. The van der Waals surface area contributed by atoms with Crippen LogP contribution in [0.5, 0.6) is 0 Å². The van der Waals surface area contributed by atoms with Gasteiger partial charge in [0.25, 0.3) is 0 Å². The van der Waals surface area contributed by atoms with Gasteiger partial charge in [0, 0.05) is 13.1 Å². The molecule has 1 atom stereocenters. The number of sulfonamides is 1. The number of rotatable bonds is 9. The predicted molar refractivity (Wildman–Crippen MR) is 69.5 cm³/mol. The summed E-state index contributed by atoms with van der Waals surface area (Å²) in [7, 11) is -3.93. The number of alkyl halides is 3. The molecule has 1 unspecified atom stereocenters. The van der Waals surface area contributed by atoms with Gasteiger partial charge >= 0.3 is 6.18 Å². The lowest BCUT2D eigenvalue weighted by Crippen LogP contribution is -2.46. The van der Waals surface area contributed by atoms with Gasteiger partial charge in [0.1, 0.15) is 6.54 Å². The van der Waals surface area contributed by atoms with Crippen LogP contribution in [-0.2, 0) is 10.0 Å². The Hall–Kier alpha value is -0.340. The van der Waals surface area contributed by atoms with Crippen molar-refractivity contribution in [2.24, 2.45) is 0 Å². The van der Waals surface area contributed by atoms with Gasteiger partial charge in [0.05, 0.1) is 5.25 Å². The Morgan fingerprint density at radius 1 is 1.21 bits per heavy atom. The van der Waals surface area contributed by atoms with E-state index in [1.54, 1.807) is 6.92 Å². The molecule has 0 aromatic heterocycles. The molecule has 0 radical (unpaired) electrons. The summed E-state index contributed by atoms with van der Waals surface area (Å²) in [6.45, 7) is 4.29. The second kappa shape index (κ2) is 8.06. The number of hydrogen-bond donors (Lipinski definition) is 1. The average Bonchev–Trinajstić information content (AvgIpc) is 2.26. The van der Waals surface area contributed by atoms with Gasteiger partial charge in [-0.05, 0) is 26.3 Å². The van der Waals surface area contributed by atoms with Gasteiger partial charge in [-0.3, -0.25) is 0 Å². The number of nitrogens with one attached hydrogen (secondary N) is 1. The molecule has 0 aromatic rings. The topological polar surface area (TPSA) is 49.4 Å². The van der Waals surface area contributed by atoms with Gasteiger partial charge in [-0.15, -0.1) is 0 Å². The van der Waals surface area contributed by atoms with Crippen molar-refractivity contribution in [3.8, 4) is 0 Å². The molecular weight excluding hydrogens is 281 g/mol. The van der Waals surface area contributed by atoms with E-state index < -0.39 is 28.0 Å². The van der Waals surface area contributed by atoms with E-state index in [2.05, 4.69) is 5.32 Å². The predicted octanol–water partition coefficient (Wildman–Crippen LogP) is 1.98. The first-order valence-electron chi connectivity index (χ1n) is 6.41. The molecular formula is C11H23F3N2O2S. The maximum atomic E-state index is 12.4. The van der Waals surface area contributed by atoms with Gasteiger partial charge < -0.3 is 5.32 Å². The lowest BCUT2D eigenvalue weighted by atomic mass is 10.4. The molecule has 19 heavy (non-hydrogen) atoms. The summed E-state index contributed by atoms with van der Waals surface area (Å²) in [6, 6.07) is 0. The Kier molecular flexibility index (Phi) is 7.92. The van der Waals surface area contributed by atoms with E-state index in [4.69, 9.17) is 0 Å². The number of halogens is 3. The quantitative estimate of drug-likeness (QED) is 0.663. The molecule has 116 valence electrons. The van der Waals surface area contributed by atoms with E-state index in [0.717, 1.165) is 6.42 Å². The maximum absolute atomic E-state index is 12.4. The Morgan fingerprint density at radius 2 is 1.79 bits per heavy atom. The van der Waals surface area contributed by atoms with Gasteiger partial charge in [-0.1, -0.05) is 13.8 Å². The van der Waals surface area contributed by atoms with Crippen LogP contribution in [0, 0.1) is 0 Å². The van der Waals surface area contributed by atoms with Crippen LogP contribution in [0.2, 0.25) is 0 Å². The molecule has 0 rings (SSSR count). The number of nitrogens with zero attached hydrogens (tertiary/aromatic N) is 1. The van der Waals surface area contributed by atoms with Crippen molar-refractivity contribution in [1.82, 2.24) is 9.62 Å². The normalized spacial score (nSPS) is 14.9. The van der Waals surface area contributed by atoms with Crippen molar-refractivity contribution < 1.29 is 21.6 Å². The summed E-state index contributed by atoms with van der Waals surface area (Å²) >= 11 is 0. The van der Waals surface area contributed by atoms with E-state index in [1.165, 1.54) is 6.92 Å². The van der Waals surface area contributed by atoms with E-state index in [9.17, 15) is 21.6 Å². The van der Waals surface area contributed by atoms with Crippen LogP contribution >= 0.6 is 0 Å².